The molecule has 2 aromatic rings. The van der Waals surface area contributed by atoms with Gasteiger partial charge in [0.25, 0.3) is 0 Å². The summed E-state index contributed by atoms with van der Waals surface area (Å²) in [6, 6.07) is 14.1. The zero-order valence-electron chi connectivity index (χ0n) is 16.1. The molecule has 0 bridgehead atoms. The first kappa shape index (κ1) is 19.0. The molecule has 0 heterocycles. The Morgan fingerprint density at radius 2 is 1.89 bits per heavy atom. The zero-order chi connectivity index (χ0) is 19.2. The topological polar surface area (TPSA) is 79.5 Å². The van der Waals surface area contributed by atoms with Crippen LogP contribution in [-0.2, 0) is 24.2 Å². The summed E-state index contributed by atoms with van der Waals surface area (Å²) in [6.45, 7) is 4.39. The van der Waals surface area contributed by atoms with Crippen LogP contribution in [0.3, 0.4) is 0 Å². The van der Waals surface area contributed by atoms with Crippen molar-refractivity contribution in [3.63, 3.8) is 0 Å². The van der Waals surface area contributed by atoms with Gasteiger partial charge in [0, 0.05) is 17.3 Å². The van der Waals surface area contributed by atoms with Crippen LogP contribution in [0, 0.1) is 5.92 Å². The number of anilines is 2. The molecule has 0 aromatic heterocycles. The van der Waals surface area contributed by atoms with E-state index in [9.17, 15) is 4.79 Å². The molecule has 2 aromatic carbocycles. The highest BCUT2D eigenvalue weighted by molar-refractivity contribution is 5.93. The lowest BCUT2D eigenvalue weighted by molar-refractivity contribution is -0.119. The van der Waals surface area contributed by atoms with Crippen LogP contribution >= 0.6 is 0 Å². The Labute approximate surface area is 161 Å². The van der Waals surface area contributed by atoms with Gasteiger partial charge < -0.3 is 16.4 Å². The SMILES string of the molecule is CCC(C)C(=O)Nc1cccc(CN=C(N)Nc2ccc3c(c2)CCC3)c1. The van der Waals surface area contributed by atoms with Gasteiger partial charge in [-0.2, -0.15) is 0 Å². The average Bonchev–Trinajstić information content (AvgIpc) is 3.14. The Kier molecular flexibility index (Phi) is 6.12. The van der Waals surface area contributed by atoms with E-state index in [1.54, 1.807) is 0 Å². The van der Waals surface area contributed by atoms with E-state index in [-0.39, 0.29) is 11.8 Å². The number of guanidine groups is 1. The van der Waals surface area contributed by atoms with Gasteiger partial charge >= 0.3 is 0 Å². The summed E-state index contributed by atoms with van der Waals surface area (Å²) in [7, 11) is 0. The maximum atomic E-state index is 12.0. The molecule has 0 fully saturated rings. The standard InChI is InChI=1S/C22H28N4O/c1-3-15(2)21(27)25-19-9-4-6-16(12-19)14-24-22(23)26-20-11-10-17-7-5-8-18(17)13-20/h4,6,9-13,15H,3,5,7-8,14H2,1-2H3,(H,25,27)(H3,23,24,26). The number of aliphatic imine (C=N–C) groups is 1. The van der Waals surface area contributed by atoms with E-state index < -0.39 is 0 Å². The second-order valence-corrected chi connectivity index (χ2v) is 7.16. The van der Waals surface area contributed by atoms with Gasteiger partial charge in [-0.05, 0) is 66.6 Å². The third kappa shape index (κ3) is 5.09. The van der Waals surface area contributed by atoms with Crippen molar-refractivity contribution in [3.05, 3.63) is 59.2 Å². The minimum absolute atomic E-state index is 0.00107. The van der Waals surface area contributed by atoms with Gasteiger partial charge in [-0.15, -0.1) is 0 Å². The summed E-state index contributed by atoms with van der Waals surface area (Å²) in [5.41, 5.74) is 11.6. The van der Waals surface area contributed by atoms with Crippen LogP contribution in [-0.4, -0.2) is 11.9 Å². The number of benzene rings is 2. The summed E-state index contributed by atoms with van der Waals surface area (Å²) >= 11 is 0. The summed E-state index contributed by atoms with van der Waals surface area (Å²) in [5.74, 6) is 0.428. The van der Waals surface area contributed by atoms with E-state index in [0.717, 1.165) is 29.8 Å². The largest absolute Gasteiger partial charge is 0.370 e. The minimum atomic E-state index is -0.00107. The van der Waals surface area contributed by atoms with E-state index in [4.69, 9.17) is 5.73 Å². The van der Waals surface area contributed by atoms with Crippen molar-refractivity contribution in [1.29, 1.82) is 0 Å². The van der Waals surface area contributed by atoms with Crippen LogP contribution < -0.4 is 16.4 Å². The van der Waals surface area contributed by atoms with Gasteiger partial charge in [-0.1, -0.05) is 32.0 Å². The molecule has 1 amide bonds. The normalized spacial score (nSPS) is 14.5. The number of rotatable bonds is 6. The second-order valence-electron chi connectivity index (χ2n) is 7.16. The summed E-state index contributed by atoms with van der Waals surface area (Å²) < 4.78 is 0. The van der Waals surface area contributed by atoms with Crippen molar-refractivity contribution in [2.45, 2.75) is 46.1 Å². The van der Waals surface area contributed by atoms with Crippen molar-refractivity contribution in [2.24, 2.45) is 16.6 Å². The molecular formula is C22H28N4O. The molecule has 0 saturated carbocycles. The van der Waals surface area contributed by atoms with Gasteiger partial charge in [0.15, 0.2) is 5.96 Å². The first-order valence-electron chi connectivity index (χ1n) is 9.63. The summed E-state index contributed by atoms with van der Waals surface area (Å²) in [6.07, 6.45) is 4.35. The third-order valence-corrected chi connectivity index (χ3v) is 5.06. The Morgan fingerprint density at radius 1 is 1.11 bits per heavy atom. The molecule has 5 heteroatoms. The van der Waals surface area contributed by atoms with Crippen LogP contribution in [0.4, 0.5) is 11.4 Å². The molecule has 1 unspecified atom stereocenters. The Balaban J connectivity index is 1.60. The van der Waals surface area contributed by atoms with Gasteiger partial charge in [0.1, 0.15) is 0 Å². The molecule has 0 saturated heterocycles. The van der Waals surface area contributed by atoms with E-state index in [0.29, 0.717) is 12.5 Å². The number of nitrogens with one attached hydrogen (secondary N) is 2. The number of carbonyl (C=O) groups excluding carboxylic acids is 1. The Morgan fingerprint density at radius 3 is 2.70 bits per heavy atom. The van der Waals surface area contributed by atoms with Crippen LogP contribution in [0.15, 0.2) is 47.5 Å². The predicted octanol–water partition coefficient (Wildman–Crippen LogP) is 4.09. The fourth-order valence-corrected chi connectivity index (χ4v) is 3.21. The maximum absolute atomic E-state index is 12.0. The number of nitrogens with zero attached hydrogens (tertiary/aromatic N) is 1. The number of amides is 1. The van der Waals surface area contributed by atoms with Crippen molar-refractivity contribution < 1.29 is 4.79 Å². The predicted molar refractivity (Wildman–Crippen MR) is 112 cm³/mol. The molecule has 0 spiro atoms. The monoisotopic (exact) mass is 364 g/mol. The summed E-state index contributed by atoms with van der Waals surface area (Å²) in [4.78, 5) is 16.5. The number of hydrogen-bond acceptors (Lipinski definition) is 2. The van der Waals surface area contributed by atoms with Gasteiger partial charge in [-0.25, -0.2) is 4.99 Å². The number of carbonyl (C=O) groups is 1. The lowest BCUT2D eigenvalue weighted by Crippen LogP contribution is -2.22. The zero-order valence-corrected chi connectivity index (χ0v) is 16.1. The van der Waals surface area contributed by atoms with Crippen LogP contribution in [0.2, 0.25) is 0 Å². The molecule has 1 atom stereocenters. The molecule has 1 aliphatic rings. The molecule has 0 radical (unpaired) electrons. The number of nitrogens with two attached hydrogens (primary N) is 1. The van der Waals surface area contributed by atoms with E-state index in [2.05, 4.69) is 33.8 Å². The molecule has 27 heavy (non-hydrogen) atoms. The maximum Gasteiger partial charge on any atom is 0.227 e. The quantitative estimate of drug-likeness (QED) is 0.533. The van der Waals surface area contributed by atoms with E-state index in [1.165, 1.54) is 24.0 Å². The molecule has 5 nitrogen and oxygen atoms in total. The van der Waals surface area contributed by atoms with Gasteiger partial charge in [0.2, 0.25) is 5.91 Å². The van der Waals surface area contributed by atoms with Crippen molar-refractivity contribution in [3.8, 4) is 0 Å². The molecular weight excluding hydrogens is 336 g/mol. The van der Waals surface area contributed by atoms with E-state index in [1.807, 2.05) is 38.1 Å². The highest BCUT2D eigenvalue weighted by Gasteiger charge is 2.11. The van der Waals surface area contributed by atoms with Crippen LogP contribution in [0.5, 0.6) is 0 Å². The first-order valence-corrected chi connectivity index (χ1v) is 9.63. The number of fused-ring (bicyclic) bond motifs is 1. The van der Waals surface area contributed by atoms with Gasteiger partial charge in [-0.3, -0.25) is 4.79 Å². The van der Waals surface area contributed by atoms with Crippen molar-refractivity contribution >= 4 is 23.2 Å². The highest BCUT2D eigenvalue weighted by atomic mass is 16.1. The lowest BCUT2D eigenvalue weighted by Gasteiger charge is -2.11. The van der Waals surface area contributed by atoms with Crippen molar-refractivity contribution in [2.75, 3.05) is 10.6 Å². The van der Waals surface area contributed by atoms with Crippen LogP contribution in [0.1, 0.15) is 43.4 Å². The smallest absolute Gasteiger partial charge is 0.227 e. The number of hydrogen-bond donors (Lipinski definition) is 3. The minimum Gasteiger partial charge on any atom is -0.370 e. The molecule has 3 rings (SSSR count). The summed E-state index contributed by atoms with van der Waals surface area (Å²) in [5, 5.41) is 6.12. The molecule has 142 valence electrons. The molecule has 1 aliphatic carbocycles. The van der Waals surface area contributed by atoms with Crippen molar-refractivity contribution in [1.82, 2.24) is 0 Å². The van der Waals surface area contributed by atoms with E-state index >= 15 is 0 Å². The fraction of sp³-hybridized carbons (Fsp3) is 0.364. The third-order valence-electron chi connectivity index (χ3n) is 5.06. The lowest BCUT2D eigenvalue weighted by atomic mass is 10.1. The number of aryl methyl sites for hydroxylation is 2. The molecule has 4 N–H and O–H groups in total. The second kappa shape index (κ2) is 8.71. The average molecular weight is 364 g/mol. The van der Waals surface area contributed by atoms with Gasteiger partial charge in [0.05, 0.1) is 6.54 Å². The fourth-order valence-electron chi connectivity index (χ4n) is 3.21. The van der Waals surface area contributed by atoms with Crippen LogP contribution in [0.25, 0.3) is 0 Å². The Bertz CT molecular complexity index is 844. The highest BCUT2D eigenvalue weighted by Crippen LogP contribution is 2.24. The Hall–Kier alpha value is -2.82. The first-order chi connectivity index (χ1) is 13.0. The molecule has 0 aliphatic heterocycles.